The molecular formula is C38H45N3O9S. The molecule has 272 valence electrons. The second-order valence-corrected chi connectivity index (χ2v) is 14.3. The maximum absolute atomic E-state index is 13.6. The zero-order valence-corrected chi connectivity index (χ0v) is 30.9. The number of carbonyl (C=O) groups is 5. The third kappa shape index (κ3) is 10.8. The number of carboxylic acid groups (broad SMARTS) is 1. The SMILES string of the molecule is CC(C)(C)OC(=O)Nc1ccc(C(=O)O)c2ccccc12.COC(=O)[C@H](CCSC)N(C(=O)OC(C)(C)C)C(=O)c1ccc(N)c2ccccc12. The minimum Gasteiger partial charge on any atom is -0.478 e. The summed E-state index contributed by atoms with van der Waals surface area (Å²) in [5, 5.41) is 14.3. The number of thioether (sulfide) groups is 1. The fourth-order valence-corrected chi connectivity index (χ4v) is 5.49. The van der Waals surface area contributed by atoms with Gasteiger partial charge in [0.25, 0.3) is 5.91 Å². The van der Waals surface area contributed by atoms with Crippen LogP contribution in [0.25, 0.3) is 21.5 Å². The smallest absolute Gasteiger partial charge is 0.418 e. The van der Waals surface area contributed by atoms with E-state index < -0.39 is 47.3 Å². The Kier molecular flexibility index (Phi) is 13.4. The minimum atomic E-state index is -1.11. The molecule has 0 radical (unpaired) electrons. The van der Waals surface area contributed by atoms with E-state index in [2.05, 4.69) is 5.32 Å². The number of fused-ring (bicyclic) bond motifs is 2. The van der Waals surface area contributed by atoms with Crippen LogP contribution in [0.4, 0.5) is 21.0 Å². The first-order valence-electron chi connectivity index (χ1n) is 16.0. The summed E-state index contributed by atoms with van der Waals surface area (Å²) in [5.74, 6) is -1.77. The Morgan fingerprint density at radius 3 is 1.84 bits per heavy atom. The Bertz CT molecular complexity index is 1910. The summed E-state index contributed by atoms with van der Waals surface area (Å²) < 4.78 is 15.6. The lowest BCUT2D eigenvalue weighted by Crippen LogP contribution is -2.51. The largest absolute Gasteiger partial charge is 0.478 e. The number of carboxylic acids is 1. The maximum Gasteiger partial charge on any atom is 0.418 e. The molecule has 51 heavy (non-hydrogen) atoms. The minimum absolute atomic E-state index is 0.195. The second kappa shape index (κ2) is 17.1. The topological polar surface area (TPSA) is 175 Å². The van der Waals surface area contributed by atoms with Gasteiger partial charge in [-0.2, -0.15) is 11.8 Å². The normalized spacial score (nSPS) is 11.8. The molecular weight excluding hydrogens is 674 g/mol. The van der Waals surface area contributed by atoms with Gasteiger partial charge in [-0.1, -0.05) is 48.5 Å². The molecule has 0 aliphatic carbocycles. The fourth-order valence-electron chi connectivity index (χ4n) is 5.03. The van der Waals surface area contributed by atoms with E-state index in [1.165, 1.54) is 24.9 Å². The van der Waals surface area contributed by atoms with Gasteiger partial charge in [-0.3, -0.25) is 10.1 Å². The van der Waals surface area contributed by atoms with Crippen molar-refractivity contribution in [1.82, 2.24) is 4.90 Å². The second-order valence-electron chi connectivity index (χ2n) is 13.4. The van der Waals surface area contributed by atoms with Crippen LogP contribution in [0.15, 0.2) is 72.8 Å². The van der Waals surface area contributed by atoms with Crippen molar-refractivity contribution < 1.29 is 43.3 Å². The highest BCUT2D eigenvalue weighted by Crippen LogP contribution is 2.29. The summed E-state index contributed by atoms with van der Waals surface area (Å²) in [4.78, 5) is 63.1. The average molecular weight is 720 g/mol. The fraction of sp³-hybridized carbons (Fsp3) is 0.342. The van der Waals surface area contributed by atoms with Crippen molar-refractivity contribution in [3.8, 4) is 0 Å². The van der Waals surface area contributed by atoms with Gasteiger partial charge in [0.05, 0.1) is 18.4 Å². The highest BCUT2D eigenvalue weighted by atomic mass is 32.2. The standard InChI is InChI=1S/C22H28N2O5S.C16H17NO4/c1-22(2,3)29-21(27)24(18(12-13-30-5)20(26)28-4)19(25)16-10-11-17(23)15-9-7-6-8-14(15)16;1-16(2,3)21-15(20)17-13-9-8-12(14(18)19)10-6-4-5-7-11(10)13/h6-11,18H,12-13,23H2,1-5H3;4-9H,1-3H3,(H,17,20)(H,18,19)/t18-;/m0./s1. The molecule has 0 unspecified atom stereocenters. The molecule has 0 aliphatic heterocycles. The maximum atomic E-state index is 13.6. The molecule has 4 N–H and O–H groups in total. The molecule has 0 bridgehead atoms. The number of ether oxygens (including phenoxy) is 3. The predicted octanol–water partition coefficient (Wildman–Crippen LogP) is 7.98. The molecule has 1 atom stereocenters. The number of hydrogen-bond acceptors (Lipinski definition) is 10. The number of nitrogens with two attached hydrogens (primary N) is 1. The van der Waals surface area contributed by atoms with Crippen LogP contribution in [0.5, 0.6) is 0 Å². The zero-order chi connectivity index (χ0) is 38.1. The van der Waals surface area contributed by atoms with E-state index in [-0.39, 0.29) is 17.5 Å². The molecule has 0 aliphatic rings. The Hall–Kier alpha value is -5.30. The van der Waals surface area contributed by atoms with Gasteiger partial charge in [-0.15, -0.1) is 0 Å². The molecule has 0 aromatic heterocycles. The van der Waals surface area contributed by atoms with E-state index in [9.17, 15) is 29.1 Å². The summed E-state index contributed by atoms with van der Waals surface area (Å²) in [6.07, 6.45) is 0.647. The Morgan fingerprint density at radius 2 is 1.31 bits per heavy atom. The van der Waals surface area contributed by atoms with Crippen molar-refractivity contribution in [1.29, 1.82) is 0 Å². The van der Waals surface area contributed by atoms with Gasteiger partial charge in [-0.25, -0.2) is 24.1 Å². The predicted molar refractivity (Wildman–Crippen MR) is 200 cm³/mol. The van der Waals surface area contributed by atoms with Crippen molar-refractivity contribution in [3.05, 3.63) is 83.9 Å². The van der Waals surface area contributed by atoms with Crippen LogP contribution in [0.3, 0.4) is 0 Å². The number of carbonyl (C=O) groups excluding carboxylic acids is 4. The number of anilines is 2. The average Bonchev–Trinajstić information content (AvgIpc) is 3.05. The zero-order valence-electron chi connectivity index (χ0n) is 30.1. The Balaban J connectivity index is 0.000000293. The van der Waals surface area contributed by atoms with E-state index in [4.69, 9.17) is 19.9 Å². The number of amides is 3. The van der Waals surface area contributed by atoms with Crippen molar-refractivity contribution in [2.45, 2.75) is 65.2 Å². The van der Waals surface area contributed by atoms with Gasteiger partial charge in [0.15, 0.2) is 0 Å². The van der Waals surface area contributed by atoms with Gasteiger partial charge >= 0.3 is 24.1 Å². The van der Waals surface area contributed by atoms with Crippen molar-refractivity contribution in [2.75, 3.05) is 30.2 Å². The van der Waals surface area contributed by atoms with E-state index in [0.29, 0.717) is 38.7 Å². The molecule has 0 heterocycles. The van der Waals surface area contributed by atoms with Gasteiger partial charge in [-0.05, 0) is 95.0 Å². The molecule has 4 aromatic carbocycles. The Morgan fingerprint density at radius 1 is 0.784 bits per heavy atom. The van der Waals surface area contributed by atoms with Crippen molar-refractivity contribution >= 4 is 74.7 Å². The number of imide groups is 1. The van der Waals surface area contributed by atoms with Crippen LogP contribution < -0.4 is 11.1 Å². The highest BCUT2D eigenvalue weighted by Gasteiger charge is 2.39. The first-order valence-corrected chi connectivity index (χ1v) is 17.4. The number of nitrogen functional groups attached to an aromatic ring is 1. The molecule has 3 amide bonds. The number of methoxy groups -OCH3 is 1. The summed E-state index contributed by atoms with van der Waals surface area (Å²) in [5.41, 5.74) is 6.08. The molecule has 0 saturated heterocycles. The van der Waals surface area contributed by atoms with Crippen LogP contribution in [-0.4, -0.2) is 76.4 Å². The van der Waals surface area contributed by atoms with E-state index in [1.807, 2.05) is 12.3 Å². The van der Waals surface area contributed by atoms with Crippen LogP contribution in [-0.2, 0) is 19.0 Å². The third-order valence-electron chi connectivity index (χ3n) is 7.17. The van der Waals surface area contributed by atoms with Gasteiger partial charge in [0.2, 0.25) is 0 Å². The van der Waals surface area contributed by atoms with E-state index >= 15 is 0 Å². The molecule has 4 rings (SSSR count). The molecule has 13 heteroatoms. The molecule has 0 fully saturated rings. The van der Waals surface area contributed by atoms with Crippen LogP contribution in [0, 0.1) is 0 Å². The lowest BCUT2D eigenvalue weighted by molar-refractivity contribution is -0.146. The number of hydrogen-bond donors (Lipinski definition) is 3. The summed E-state index contributed by atoms with van der Waals surface area (Å²) in [6, 6.07) is 19.2. The third-order valence-corrected chi connectivity index (χ3v) is 7.81. The van der Waals surface area contributed by atoms with Gasteiger partial charge in [0, 0.05) is 22.0 Å². The van der Waals surface area contributed by atoms with Gasteiger partial charge in [0.1, 0.15) is 17.2 Å². The number of aromatic carboxylic acids is 1. The van der Waals surface area contributed by atoms with Crippen LogP contribution in [0.1, 0.15) is 68.7 Å². The van der Waals surface area contributed by atoms with Gasteiger partial charge < -0.3 is 25.1 Å². The number of benzene rings is 4. The molecule has 0 saturated carbocycles. The molecule has 12 nitrogen and oxygen atoms in total. The summed E-state index contributed by atoms with van der Waals surface area (Å²) in [7, 11) is 1.23. The highest BCUT2D eigenvalue weighted by molar-refractivity contribution is 7.98. The summed E-state index contributed by atoms with van der Waals surface area (Å²) >= 11 is 1.50. The summed E-state index contributed by atoms with van der Waals surface area (Å²) in [6.45, 7) is 10.4. The van der Waals surface area contributed by atoms with E-state index in [0.717, 1.165) is 4.90 Å². The first kappa shape index (κ1) is 40.1. The Labute approximate surface area is 301 Å². The number of nitrogens with zero attached hydrogens (tertiary/aromatic N) is 1. The van der Waals surface area contributed by atoms with Crippen molar-refractivity contribution in [3.63, 3.8) is 0 Å². The lowest BCUT2D eigenvalue weighted by atomic mass is 10.0. The monoisotopic (exact) mass is 719 g/mol. The van der Waals surface area contributed by atoms with Crippen LogP contribution >= 0.6 is 11.8 Å². The van der Waals surface area contributed by atoms with Crippen molar-refractivity contribution in [2.24, 2.45) is 0 Å². The lowest BCUT2D eigenvalue weighted by Gasteiger charge is -2.31. The van der Waals surface area contributed by atoms with E-state index in [1.54, 1.807) is 102 Å². The quantitative estimate of drug-likeness (QED) is 0.0915. The number of nitrogens with one attached hydrogen (secondary N) is 1. The first-order chi connectivity index (χ1) is 23.9. The van der Waals surface area contributed by atoms with Crippen LogP contribution in [0.2, 0.25) is 0 Å². The number of rotatable bonds is 8. The number of esters is 1. The molecule has 4 aromatic rings. The molecule has 0 spiro atoms.